The van der Waals surface area contributed by atoms with E-state index in [9.17, 15) is 9.59 Å². The van der Waals surface area contributed by atoms with E-state index in [4.69, 9.17) is 10.2 Å². The Balaban J connectivity index is 0. The SMILES string of the molecule is CC(=O)C(C)(O)C(=O)O.[Na+]. The topological polar surface area (TPSA) is 74.6 Å². The second kappa shape index (κ2) is 4.08. The van der Waals surface area contributed by atoms with Crippen LogP contribution in [-0.4, -0.2) is 27.6 Å². The summed E-state index contributed by atoms with van der Waals surface area (Å²) < 4.78 is 0. The van der Waals surface area contributed by atoms with Crippen LogP contribution in [0.5, 0.6) is 0 Å². The second-order valence-electron chi connectivity index (χ2n) is 1.93. The van der Waals surface area contributed by atoms with Crippen molar-refractivity contribution in [1.29, 1.82) is 0 Å². The Morgan fingerprint density at radius 1 is 1.40 bits per heavy atom. The van der Waals surface area contributed by atoms with Crippen LogP contribution in [0.25, 0.3) is 0 Å². The van der Waals surface area contributed by atoms with Gasteiger partial charge in [-0.3, -0.25) is 4.79 Å². The molecule has 0 heterocycles. The van der Waals surface area contributed by atoms with E-state index in [1.165, 1.54) is 0 Å². The van der Waals surface area contributed by atoms with Crippen LogP contribution >= 0.6 is 0 Å². The van der Waals surface area contributed by atoms with Crippen molar-refractivity contribution in [1.82, 2.24) is 0 Å². The molecule has 1 unspecified atom stereocenters. The van der Waals surface area contributed by atoms with E-state index in [1.807, 2.05) is 0 Å². The molecule has 0 saturated carbocycles. The third-order valence-corrected chi connectivity index (χ3v) is 1.10. The molecule has 0 aromatic carbocycles. The van der Waals surface area contributed by atoms with E-state index in [-0.39, 0.29) is 29.6 Å². The fourth-order valence-corrected chi connectivity index (χ4v) is 0.151. The first kappa shape index (κ1) is 12.7. The van der Waals surface area contributed by atoms with Crippen molar-refractivity contribution in [3.05, 3.63) is 0 Å². The predicted molar refractivity (Wildman–Crippen MR) is 28.9 cm³/mol. The fourth-order valence-electron chi connectivity index (χ4n) is 0.151. The molecule has 5 heteroatoms. The molecule has 0 fully saturated rings. The Labute approximate surface area is 80.5 Å². The molecule has 0 aliphatic carbocycles. The zero-order chi connectivity index (χ0) is 7.65. The molecule has 0 aliphatic rings. The maximum absolute atomic E-state index is 10.3. The summed E-state index contributed by atoms with van der Waals surface area (Å²) in [7, 11) is 0. The van der Waals surface area contributed by atoms with Gasteiger partial charge in [0, 0.05) is 0 Å². The predicted octanol–water partition coefficient (Wildman–Crippen LogP) is -3.58. The number of carboxylic acid groups (broad SMARTS) is 1. The summed E-state index contributed by atoms with van der Waals surface area (Å²) in [5, 5.41) is 16.9. The van der Waals surface area contributed by atoms with Crippen LogP contribution < -0.4 is 29.6 Å². The number of carbonyl (C=O) groups is 2. The van der Waals surface area contributed by atoms with E-state index in [0.29, 0.717) is 0 Å². The van der Waals surface area contributed by atoms with Crippen LogP contribution in [0.4, 0.5) is 0 Å². The summed E-state index contributed by atoms with van der Waals surface area (Å²) in [5.74, 6) is -2.29. The summed E-state index contributed by atoms with van der Waals surface area (Å²) in [5.41, 5.74) is -2.22. The van der Waals surface area contributed by atoms with Gasteiger partial charge in [-0.2, -0.15) is 0 Å². The minimum atomic E-state index is -2.22. The van der Waals surface area contributed by atoms with Gasteiger partial charge < -0.3 is 10.2 Å². The molecule has 0 aliphatic heterocycles. The van der Waals surface area contributed by atoms with E-state index in [1.54, 1.807) is 0 Å². The number of hydrogen-bond acceptors (Lipinski definition) is 3. The van der Waals surface area contributed by atoms with Crippen molar-refractivity contribution in [2.24, 2.45) is 0 Å². The van der Waals surface area contributed by atoms with Crippen molar-refractivity contribution in [3.63, 3.8) is 0 Å². The molecular weight excluding hydrogens is 147 g/mol. The maximum Gasteiger partial charge on any atom is 1.00 e. The first-order valence-electron chi connectivity index (χ1n) is 2.36. The Morgan fingerprint density at radius 2 is 1.70 bits per heavy atom. The number of carboxylic acids is 1. The summed E-state index contributed by atoms with van der Waals surface area (Å²) in [6.07, 6.45) is 0. The van der Waals surface area contributed by atoms with E-state index in [0.717, 1.165) is 13.8 Å². The van der Waals surface area contributed by atoms with Crippen molar-refractivity contribution in [3.8, 4) is 0 Å². The number of carbonyl (C=O) groups excluding carboxylic acids is 1. The quantitative estimate of drug-likeness (QED) is 0.319. The third kappa shape index (κ3) is 2.79. The summed E-state index contributed by atoms with van der Waals surface area (Å²) in [6, 6.07) is 0. The number of rotatable bonds is 2. The van der Waals surface area contributed by atoms with Crippen molar-refractivity contribution in [2.45, 2.75) is 19.4 Å². The molecule has 2 N–H and O–H groups in total. The molecule has 10 heavy (non-hydrogen) atoms. The molecular formula is C5H8NaO4+. The van der Waals surface area contributed by atoms with Crippen molar-refractivity contribution >= 4 is 11.8 Å². The second-order valence-corrected chi connectivity index (χ2v) is 1.93. The van der Waals surface area contributed by atoms with Crippen LogP contribution in [0.2, 0.25) is 0 Å². The monoisotopic (exact) mass is 155 g/mol. The average Bonchev–Trinajstić information content (AvgIpc) is 1.65. The Morgan fingerprint density at radius 3 is 1.70 bits per heavy atom. The summed E-state index contributed by atoms with van der Waals surface area (Å²) >= 11 is 0. The smallest absolute Gasteiger partial charge is 0.479 e. The van der Waals surface area contributed by atoms with Crippen LogP contribution in [0, 0.1) is 0 Å². The van der Waals surface area contributed by atoms with Gasteiger partial charge in [-0.05, 0) is 13.8 Å². The van der Waals surface area contributed by atoms with Crippen LogP contribution in [-0.2, 0) is 9.59 Å². The standard InChI is InChI=1S/C5H8O4.Na/c1-3(6)5(2,9)4(7)8;/h9H,1-2H3,(H,7,8);/q;+1. The van der Waals surface area contributed by atoms with Gasteiger partial charge in [0.1, 0.15) is 0 Å². The number of Topliss-reactive ketones (excluding diaryl/α,β-unsaturated/α-hetero) is 1. The minimum Gasteiger partial charge on any atom is -0.479 e. The fraction of sp³-hybridized carbons (Fsp3) is 0.600. The third-order valence-electron chi connectivity index (χ3n) is 1.10. The average molecular weight is 155 g/mol. The van der Waals surface area contributed by atoms with Gasteiger partial charge in [0.2, 0.25) is 5.60 Å². The normalized spacial score (nSPS) is 14.7. The van der Waals surface area contributed by atoms with Crippen LogP contribution in [0.15, 0.2) is 0 Å². The molecule has 0 rings (SSSR count). The summed E-state index contributed by atoms with van der Waals surface area (Å²) in [4.78, 5) is 20.3. The number of aliphatic carboxylic acids is 1. The molecule has 0 aromatic rings. The van der Waals surface area contributed by atoms with E-state index < -0.39 is 17.4 Å². The van der Waals surface area contributed by atoms with Gasteiger partial charge >= 0.3 is 35.5 Å². The Bertz CT molecular complexity index is 136. The van der Waals surface area contributed by atoms with Crippen molar-refractivity contribution < 1.29 is 49.4 Å². The molecule has 0 bridgehead atoms. The molecule has 1 atom stereocenters. The Kier molecular flexibility index (Phi) is 5.20. The van der Waals surface area contributed by atoms with Gasteiger partial charge in [-0.15, -0.1) is 0 Å². The van der Waals surface area contributed by atoms with Gasteiger partial charge in [-0.1, -0.05) is 0 Å². The molecule has 0 radical (unpaired) electrons. The summed E-state index contributed by atoms with van der Waals surface area (Å²) in [6.45, 7) is 1.96. The first-order chi connectivity index (χ1) is 3.89. The van der Waals surface area contributed by atoms with Gasteiger partial charge in [0.05, 0.1) is 0 Å². The molecule has 0 saturated heterocycles. The number of ketones is 1. The molecule has 4 nitrogen and oxygen atoms in total. The molecule has 52 valence electrons. The minimum absolute atomic E-state index is 0. The van der Waals surface area contributed by atoms with Gasteiger partial charge in [0.25, 0.3) is 0 Å². The van der Waals surface area contributed by atoms with E-state index >= 15 is 0 Å². The van der Waals surface area contributed by atoms with E-state index in [2.05, 4.69) is 0 Å². The maximum atomic E-state index is 10.3. The number of aliphatic hydroxyl groups is 1. The zero-order valence-electron chi connectivity index (χ0n) is 6.21. The first-order valence-corrected chi connectivity index (χ1v) is 2.36. The van der Waals surface area contributed by atoms with Gasteiger partial charge in [-0.25, -0.2) is 4.79 Å². The van der Waals surface area contributed by atoms with Crippen molar-refractivity contribution in [2.75, 3.05) is 0 Å². The van der Waals surface area contributed by atoms with Gasteiger partial charge in [0.15, 0.2) is 5.78 Å². The largest absolute Gasteiger partial charge is 1.00 e. The van der Waals surface area contributed by atoms with Crippen LogP contribution in [0.1, 0.15) is 13.8 Å². The van der Waals surface area contributed by atoms with Crippen LogP contribution in [0.3, 0.4) is 0 Å². The zero-order valence-corrected chi connectivity index (χ0v) is 8.21. The molecule has 0 spiro atoms. The molecule has 0 amide bonds. The Hall–Kier alpha value is 0.100. The molecule has 0 aromatic heterocycles. The number of hydrogen-bond donors (Lipinski definition) is 2.